The molecule has 158 valence electrons. The summed E-state index contributed by atoms with van der Waals surface area (Å²) in [6.45, 7) is 5.31. The Balaban J connectivity index is 1.59. The van der Waals surface area contributed by atoms with Crippen LogP contribution in [0.15, 0.2) is 24.3 Å². The first-order valence-corrected chi connectivity index (χ1v) is 9.62. The fourth-order valence-corrected chi connectivity index (χ4v) is 3.80. The monoisotopic (exact) mass is 411 g/mol. The number of halogens is 3. The van der Waals surface area contributed by atoms with Crippen LogP contribution in [-0.2, 0) is 15.8 Å². The lowest BCUT2D eigenvalue weighted by atomic mass is 10.1. The first-order valence-electron chi connectivity index (χ1n) is 9.62. The van der Waals surface area contributed by atoms with Gasteiger partial charge in [0.05, 0.1) is 11.5 Å². The third-order valence-corrected chi connectivity index (χ3v) is 5.45. The lowest BCUT2D eigenvalue weighted by Crippen LogP contribution is -2.52. The first-order chi connectivity index (χ1) is 13.6. The highest BCUT2D eigenvalue weighted by atomic mass is 19.4. The molecule has 2 heterocycles. The van der Waals surface area contributed by atoms with Crippen molar-refractivity contribution in [2.45, 2.75) is 32.5 Å². The zero-order valence-corrected chi connectivity index (χ0v) is 16.4. The first kappa shape index (κ1) is 21.1. The Bertz CT molecular complexity index is 802. The van der Waals surface area contributed by atoms with Gasteiger partial charge in [-0.05, 0) is 32.0 Å². The molecule has 2 aliphatic heterocycles. The van der Waals surface area contributed by atoms with E-state index in [-0.39, 0.29) is 48.8 Å². The number of rotatable bonds is 3. The van der Waals surface area contributed by atoms with E-state index in [0.717, 1.165) is 12.1 Å². The molecular formula is C20H24F3N3O3. The van der Waals surface area contributed by atoms with Gasteiger partial charge in [-0.15, -0.1) is 0 Å². The van der Waals surface area contributed by atoms with E-state index < -0.39 is 17.6 Å². The van der Waals surface area contributed by atoms with E-state index in [9.17, 15) is 27.6 Å². The largest absolute Gasteiger partial charge is 0.416 e. The second-order valence-electron chi connectivity index (χ2n) is 7.74. The van der Waals surface area contributed by atoms with Crippen molar-refractivity contribution in [3.63, 3.8) is 0 Å². The summed E-state index contributed by atoms with van der Waals surface area (Å²) in [5.74, 6) is -0.995. The average Bonchev–Trinajstić information content (AvgIpc) is 3.08. The maximum absolute atomic E-state index is 12.9. The smallest absolute Gasteiger partial charge is 0.339 e. The summed E-state index contributed by atoms with van der Waals surface area (Å²) in [7, 11) is 0. The van der Waals surface area contributed by atoms with Gasteiger partial charge in [0.2, 0.25) is 11.8 Å². The molecule has 0 spiro atoms. The number of amides is 3. The molecule has 1 aromatic carbocycles. The number of nitrogens with zero attached hydrogens (tertiary/aromatic N) is 3. The van der Waals surface area contributed by atoms with Gasteiger partial charge in [-0.25, -0.2) is 0 Å². The highest BCUT2D eigenvalue weighted by molar-refractivity contribution is 5.95. The van der Waals surface area contributed by atoms with Crippen LogP contribution in [0.1, 0.15) is 36.2 Å². The molecule has 0 bridgehead atoms. The lowest BCUT2D eigenvalue weighted by Gasteiger charge is -2.36. The summed E-state index contributed by atoms with van der Waals surface area (Å²) in [5, 5.41) is 0. The van der Waals surface area contributed by atoms with Crippen LogP contribution in [0.3, 0.4) is 0 Å². The Morgan fingerprint density at radius 1 is 1.07 bits per heavy atom. The minimum atomic E-state index is -4.51. The third-order valence-electron chi connectivity index (χ3n) is 5.45. The van der Waals surface area contributed by atoms with Gasteiger partial charge in [0.15, 0.2) is 0 Å². The van der Waals surface area contributed by atoms with Crippen LogP contribution >= 0.6 is 0 Å². The van der Waals surface area contributed by atoms with Gasteiger partial charge in [0.1, 0.15) is 0 Å². The van der Waals surface area contributed by atoms with Crippen molar-refractivity contribution in [1.29, 1.82) is 0 Å². The standard InChI is InChI=1S/C20H24F3N3O3/c1-13(2)26-12-15(11-17(26)27)19(29)25-8-6-24(7-9-25)18(28)14-4-3-5-16(10-14)20(21,22)23/h3-5,10,13,15H,6-9,11-12H2,1-2H3/t15-/m0/s1. The summed E-state index contributed by atoms with van der Waals surface area (Å²) in [6, 6.07) is 4.40. The summed E-state index contributed by atoms with van der Waals surface area (Å²) >= 11 is 0. The Morgan fingerprint density at radius 2 is 1.69 bits per heavy atom. The van der Waals surface area contributed by atoms with Crippen molar-refractivity contribution in [3.8, 4) is 0 Å². The fourth-order valence-electron chi connectivity index (χ4n) is 3.80. The second kappa shape index (κ2) is 8.04. The molecule has 0 saturated carbocycles. The Kier molecular flexibility index (Phi) is 5.86. The number of benzene rings is 1. The third kappa shape index (κ3) is 4.54. The number of hydrogen-bond acceptors (Lipinski definition) is 3. The van der Waals surface area contributed by atoms with Gasteiger partial charge in [-0.2, -0.15) is 13.2 Å². The molecule has 9 heteroatoms. The Morgan fingerprint density at radius 3 is 2.24 bits per heavy atom. The average molecular weight is 411 g/mol. The lowest BCUT2D eigenvalue weighted by molar-refractivity contribution is -0.138. The number of piperazine rings is 1. The molecule has 3 rings (SSSR count). The molecule has 1 aromatic rings. The van der Waals surface area contributed by atoms with E-state index in [4.69, 9.17) is 0 Å². The molecule has 2 fully saturated rings. The number of carbonyl (C=O) groups is 3. The molecule has 6 nitrogen and oxygen atoms in total. The number of carbonyl (C=O) groups excluding carboxylic acids is 3. The van der Waals surface area contributed by atoms with E-state index in [1.807, 2.05) is 13.8 Å². The molecule has 2 aliphatic rings. The van der Waals surface area contributed by atoms with Gasteiger partial charge in [-0.3, -0.25) is 14.4 Å². The van der Waals surface area contributed by atoms with Gasteiger partial charge in [0.25, 0.3) is 5.91 Å². The number of hydrogen-bond donors (Lipinski definition) is 0. The molecule has 3 amide bonds. The topological polar surface area (TPSA) is 60.9 Å². The summed E-state index contributed by atoms with van der Waals surface area (Å²) in [4.78, 5) is 42.1. The SMILES string of the molecule is CC(C)N1C[C@@H](C(=O)N2CCN(C(=O)c3cccc(C(F)(F)F)c3)CC2)CC1=O. The predicted octanol–water partition coefficient (Wildman–Crippen LogP) is 2.25. The van der Waals surface area contributed by atoms with E-state index in [0.29, 0.717) is 19.6 Å². The quantitative estimate of drug-likeness (QED) is 0.767. The Hall–Kier alpha value is -2.58. The molecule has 0 aliphatic carbocycles. The van der Waals surface area contributed by atoms with Crippen LogP contribution in [0.4, 0.5) is 13.2 Å². The maximum atomic E-state index is 12.9. The van der Waals surface area contributed by atoms with E-state index in [1.54, 1.807) is 9.80 Å². The van der Waals surface area contributed by atoms with Crippen LogP contribution in [0, 0.1) is 5.92 Å². The van der Waals surface area contributed by atoms with E-state index in [2.05, 4.69) is 0 Å². The fraction of sp³-hybridized carbons (Fsp3) is 0.550. The molecule has 0 aromatic heterocycles. The second-order valence-corrected chi connectivity index (χ2v) is 7.74. The zero-order valence-electron chi connectivity index (χ0n) is 16.4. The van der Waals surface area contributed by atoms with E-state index >= 15 is 0 Å². The van der Waals surface area contributed by atoms with Crippen LogP contribution in [0.2, 0.25) is 0 Å². The minimum absolute atomic E-state index is 0.0198. The zero-order chi connectivity index (χ0) is 21.3. The molecule has 29 heavy (non-hydrogen) atoms. The van der Waals surface area contributed by atoms with Crippen molar-refractivity contribution in [3.05, 3.63) is 35.4 Å². The number of alkyl halides is 3. The van der Waals surface area contributed by atoms with Crippen molar-refractivity contribution >= 4 is 17.7 Å². The van der Waals surface area contributed by atoms with Crippen LogP contribution < -0.4 is 0 Å². The van der Waals surface area contributed by atoms with Crippen molar-refractivity contribution in [1.82, 2.24) is 14.7 Å². The molecule has 0 unspecified atom stereocenters. The van der Waals surface area contributed by atoms with Crippen LogP contribution in [-0.4, -0.2) is 71.2 Å². The summed E-state index contributed by atoms with van der Waals surface area (Å²) < 4.78 is 38.6. The van der Waals surface area contributed by atoms with Crippen LogP contribution in [0.25, 0.3) is 0 Å². The number of likely N-dealkylation sites (tertiary alicyclic amines) is 1. The van der Waals surface area contributed by atoms with Crippen molar-refractivity contribution < 1.29 is 27.6 Å². The van der Waals surface area contributed by atoms with Gasteiger partial charge in [0, 0.05) is 50.7 Å². The molecule has 1 atom stereocenters. The van der Waals surface area contributed by atoms with Gasteiger partial charge >= 0.3 is 6.18 Å². The van der Waals surface area contributed by atoms with Gasteiger partial charge in [-0.1, -0.05) is 6.07 Å². The van der Waals surface area contributed by atoms with Crippen molar-refractivity contribution in [2.24, 2.45) is 5.92 Å². The normalized spacial score (nSPS) is 20.6. The molecule has 0 N–H and O–H groups in total. The highest BCUT2D eigenvalue weighted by Gasteiger charge is 2.38. The van der Waals surface area contributed by atoms with Crippen LogP contribution in [0.5, 0.6) is 0 Å². The van der Waals surface area contributed by atoms with E-state index in [1.165, 1.54) is 17.0 Å². The minimum Gasteiger partial charge on any atom is -0.339 e. The predicted molar refractivity (Wildman–Crippen MR) is 98.9 cm³/mol. The van der Waals surface area contributed by atoms with Gasteiger partial charge < -0.3 is 14.7 Å². The molecular weight excluding hydrogens is 387 g/mol. The maximum Gasteiger partial charge on any atom is 0.416 e. The summed E-state index contributed by atoms with van der Waals surface area (Å²) in [5.41, 5.74) is -0.883. The molecule has 2 saturated heterocycles. The Labute approximate surface area is 167 Å². The molecule has 0 radical (unpaired) electrons. The summed E-state index contributed by atoms with van der Waals surface area (Å²) in [6.07, 6.45) is -4.32. The highest BCUT2D eigenvalue weighted by Crippen LogP contribution is 2.30. The van der Waals surface area contributed by atoms with Crippen molar-refractivity contribution in [2.75, 3.05) is 32.7 Å².